The molecule has 104 valence electrons. The van der Waals surface area contributed by atoms with Crippen LogP contribution in [-0.2, 0) is 0 Å². The highest BCUT2D eigenvalue weighted by Crippen LogP contribution is 2.18. The van der Waals surface area contributed by atoms with Gasteiger partial charge < -0.3 is 16.2 Å². The summed E-state index contributed by atoms with van der Waals surface area (Å²) in [5, 5.41) is 11.7. The van der Waals surface area contributed by atoms with E-state index in [1.807, 2.05) is 6.92 Å². The zero-order chi connectivity index (χ0) is 14.7. The number of nitrogens with two attached hydrogens (primary N) is 1. The quantitative estimate of drug-likeness (QED) is 0.805. The topological polar surface area (TPSA) is 75.3 Å². The summed E-state index contributed by atoms with van der Waals surface area (Å²) in [6.45, 7) is 1.86. The van der Waals surface area contributed by atoms with Gasteiger partial charge in [-0.3, -0.25) is 4.79 Å². The highest BCUT2D eigenvalue weighted by Gasteiger charge is 2.12. The number of hydrogen-bond acceptors (Lipinski definition) is 3. The molecule has 4 N–H and O–H groups in total. The molecule has 1 atom stereocenters. The second-order valence-electron chi connectivity index (χ2n) is 4.53. The predicted octanol–water partition coefficient (Wildman–Crippen LogP) is 2.80. The molecule has 0 bridgehead atoms. The number of aromatic hydroxyl groups is 1. The van der Waals surface area contributed by atoms with Gasteiger partial charge in [0.05, 0.1) is 5.56 Å². The summed E-state index contributed by atoms with van der Waals surface area (Å²) in [7, 11) is 0. The molecule has 0 spiro atoms. The van der Waals surface area contributed by atoms with Crippen molar-refractivity contribution < 1.29 is 14.3 Å². The lowest BCUT2D eigenvalue weighted by Crippen LogP contribution is -2.14. The van der Waals surface area contributed by atoms with E-state index in [1.165, 1.54) is 12.1 Å². The van der Waals surface area contributed by atoms with Crippen molar-refractivity contribution in [3.8, 4) is 5.75 Å². The predicted molar refractivity (Wildman–Crippen MR) is 75.1 cm³/mol. The molecule has 4 nitrogen and oxygen atoms in total. The lowest BCUT2D eigenvalue weighted by Gasteiger charge is -2.09. The van der Waals surface area contributed by atoms with Crippen molar-refractivity contribution in [2.24, 2.45) is 5.73 Å². The summed E-state index contributed by atoms with van der Waals surface area (Å²) in [5.41, 5.74) is 7.10. The van der Waals surface area contributed by atoms with Crippen LogP contribution >= 0.6 is 0 Å². The molecule has 0 saturated carbocycles. The summed E-state index contributed by atoms with van der Waals surface area (Å²) in [4.78, 5) is 11.9. The van der Waals surface area contributed by atoms with Crippen LogP contribution in [0.2, 0.25) is 0 Å². The summed E-state index contributed by atoms with van der Waals surface area (Å²) in [5.74, 6) is -1.56. The molecule has 1 unspecified atom stereocenters. The number of hydrogen-bond donors (Lipinski definition) is 3. The minimum absolute atomic E-state index is 0.0886. The van der Waals surface area contributed by atoms with Gasteiger partial charge in [0, 0.05) is 17.8 Å². The van der Waals surface area contributed by atoms with Crippen molar-refractivity contribution in [1.82, 2.24) is 0 Å². The molecular formula is C15H15FN2O2. The Balaban J connectivity index is 2.15. The number of phenolic OH excluding ortho intramolecular Hbond substituents is 1. The monoisotopic (exact) mass is 274 g/mol. The van der Waals surface area contributed by atoms with Crippen LogP contribution in [0.4, 0.5) is 10.1 Å². The smallest absolute Gasteiger partial charge is 0.258 e. The Bertz CT molecular complexity index is 624. The number of benzene rings is 2. The number of amides is 1. The average molecular weight is 274 g/mol. The van der Waals surface area contributed by atoms with Crippen molar-refractivity contribution in [2.75, 3.05) is 5.32 Å². The fourth-order valence-electron chi connectivity index (χ4n) is 1.76. The molecule has 2 aromatic rings. The molecule has 0 aliphatic heterocycles. The fourth-order valence-corrected chi connectivity index (χ4v) is 1.76. The van der Waals surface area contributed by atoms with Gasteiger partial charge in [0.25, 0.3) is 5.91 Å². The van der Waals surface area contributed by atoms with Gasteiger partial charge in [-0.15, -0.1) is 0 Å². The van der Waals surface area contributed by atoms with Gasteiger partial charge >= 0.3 is 0 Å². The van der Waals surface area contributed by atoms with Gasteiger partial charge in [-0.25, -0.2) is 4.39 Å². The minimum Gasteiger partial charge on any atom is -0.508 e. The van der Waals surface area contributed by atoms with Crippen LogP contribution in [-0.4, -0.2) is 11.0 Å². The Morgan fingerprint density at radius 2 is 1.90 bits per heavy atom. The van der Waals surface area contributed by atoms with Gasteiger partial charge in [0.15, 0.2) is 0 Å². The summed E-state index contributed by atoms with van der Waals surface area (Å²) < 4.78 is 13.5. The Hall–Kier alpha value is -2.40. The van der Waals surface area contributed by atoms with Gasteiger partial charge in [0.2, 0.25) is 0 Å². The zero-order valence-corrected chi connectivity index (χ0v) is 10.9. The molecule has 0 saturated heterocycles. The van der Waals surface area contributed by atoms with Crippen LogP contribution in [0.1, 0.15) is 28.9 Å². The molecule has 20 heavy (non-hydrogen) atoms. The maximum atomic E-state index is 13.5. The second-order valence-corrected chi connectivity index (χ2v) is 4.53. The number of nitrogens with one attached hydrogen (secondary N) is 1. The number of rotatable bonds is 3. The maximum Gasteiger partial charge on any atom is 0.258 e. The number of carbonyl (C=O) groups is 1. The van der Waals surface area contributed by atoms with Gasteiger partial charge in [-0.1, -0.05) is 12.1 Å². The molecule has 0 aromatic heterocycles. The van der Waals surface area contributed by atoms with Gasteiger partial charge in [-0.2, -0.15) is 0 Å². The molecule has 0 heterocycles. The van der Waals surface area contributed by atoms with E-state index in [0.717, 1.165) is 11.6 Å². The molecule has 0 aliphatic carbocycles. The van der Waals surface area contributed by atoms with Crippen LogP contribution in [0.15, 0.2) is 42.5 Å². The second kappa shape index (κ2) is 5.71. The van der Waals surface area contributed by atoms with Crippen LogP contribution in [0, 0.1) is 5.82 Å². The first-order chi connectivity index (χ1) is 9.47. The van der Waals surface area contributed by atoms with Crippen LogP contribution < -0.4 is 11.1 Å². The number of carbonyl (C=O) groups excluding carboxylic acids is 1. The van der Waals surface area contributed by atoms with E-state index in [9.17, 15) is 9.18 Å². The molecule has 2 aromatic carbocycles. The summed E-state index contributed by atoms with van der Waals surface area (Å²) in [6, 6.07) is 10.3. The first-order valence-electron chi connectivity index (χ1n) is 6.13. The van der Waals surface area contributed by atoms with Crippen molar-refractivity contribution in [3.63, 3.8) is 0 Å². The molecule has 5 heteroatoms. The van der Waals surface area contributed by atoms with E-state index in [0.29, 0.717) is 5.69 Å². The lowest BCUT2D eigenvalue weighted by atomic mass is 10.1. The molecular weight excluding hydrogens is 259 g/mol. The van der Waals surface area contributed by atoms with Gasteiger partial charge in [-0.05, 0) is 36.8 Å². The third-order valence-electron chi connectivity index (χ3n) is 2.89. The van der Waals surface area contributed by atoms with Crippen LogP contribution in [0.25, 0.3) is 0 Å². The number of anilines is 1. The first kappa shape index (κ1) is 14.0. The van der Waals surface area contributed by atoms with Crippen molar-refractivity contribution in [1.29, 1.82) is 0 Å². The standard InChI is InChI=1S/C15H15FN2O2/c1-9(17)10-2-4-11(5-3-10)18-15(20)13-7-6-12(19)8-14(13)16/h2-9,19H,17H2,1H3,(H,18,20). The SMILES string of the molecule is CC(N)c1ccc(NC(=O)c2ccc(O)cc2F)cc1. The number of phenols is 1. The van der Waals surface area contributed by atoms with E-state index in [1.54, 1.807) is 24.3 Å². The largest absolute Gasteiger partial charge is 0.508 e. The number of halogens is 1. The molecule has 2 rings (SSSR count). The summed E-state index contributed by atoms with van der Waals surface area (Å²) >= 11 is 0. The molecule has 1 amide bonds. The van der Waals surface area contributed by atoms with E-state index in [2.05, 4.69) is 5.32 Å². The van der Waals surface area contributed by atoms with Crippen molar-refractivity contribution >= 4 is 11.6 Å². The Morgan fingerprint density at radius 1 is 1.25 bits per heavy atom. The fraction of sp³-hybridized carbons (Fsp3) is 0.133. The highest BCUT2D eigenvalue weighted by atomic mass is 19.1. The summed E-state index contributed by atoms with van der Waals surface area (Å²) in [6.07, 6.45) is 0. The Labute approximate surface area is 116 Å². The van der Waals surface area contributed by atoms with Crippen LogP contribution in [0.5, 0.6) is 5.75 Å². The van der Waals surface area contributed by atoms with E-state index < -0.39 is 11.7 Å². The van der Waals surface area contributed by atoms with Crippen molar-refractivity contribution in [3.05, 3.63) is 59.4 Å². The lowest BCUT2D eigenvalue weighted by molar-refractivity contribution is 0.102. The molecule has 0 radical (unpaired) electrons. The highest BCUT2D eigenvalue weighted by molar-refractivity contribution is 6.04. The van der Waals surface area contributed by atoms with Gasteiger partial charge in [0.1, 0.15) is 11.6 Å². The first-order valence-corrected chi connectivity index (χ1v) is 6.13. The zero-order valence-electron chi connectivity index (χ0n) is 10.9. The van der Waals surface area contributed by atoms with Crippen molar-refractivity contribution in [2.45, 2.75) is 13.0 Å². The third kappa shape index (κ3) is 3.13. The Kier molecular flexibility index (Phi) is 4.00. The molecule has 0 aliphatic rings. The average Bonchev–Trinajstić information content (AvgIpc) is 2.39. The normalized spacial score (nSPS) is 11.9. The molecule has 0 fully saturated rings. The van der Waals surface area contributed by atoms with E-state index >= 15 is 0 Å². The van der Waals surface area contributed by atoms with Crippen LogP contribution in [0.3, 0.4) is 0 Å². The van der Waals surface area contributed by atoms with E-state index in [-0.39, 0.29) is 17.4 Å². The Morgan fingerprint density at radius 3 is 2.45 bits per heavy atom. The van der Waals surface area contributed by atoms with E-state index in [4.69, 9.17) is 10.8 Å². The third-order valence-corrected chi connectivity index (χ3v) is 2.89. The minimum atomic E-state index is -0.769. The maximum absolute atomic E-state index is 13.5.